The van der Waals surface area contributed by atoms with Crippen molar-refractivity contribution in [2.75, 3.05) is 20.2 Å². The van der Waals surface area contributed by atoms with Crippen molar-refractivity contribution in [3.8, 4) is 33.9 Å². The lowest BCUT2D eigenvalue weighted by Gasteiger charge is -2.42. The van der Waals surface area contributed by atoms with E-state index < -0.39 is 0 Å². The molecule has 1 fully saturated rings. The van der Waals surface area contributed by atoms with Gasteiger partial charge in [0.1, 0.15) is 17.0 Å². The van der Waals surface area contributed by atoms with Crippen LogP contribution in [0.3, 0.4) is 0 Å². The highest BCUT2D eigenvalue weighted by molar-refractivity contribution is 5.90. The van der Waals surface area contributed by atoms with Crippen LogP contribution in [0.25, 0.3) is 33.3 Å². The van der Waals surface area contributed by atoms with E-state index in [-0.39, 0.29) is 5.75 Å². The lowest BCUT2D eigenvalue weighted by atomic mass is 9.93. The first-order valence-corrected chi connectivity index (χ1v) is 12.7. The number of benzene rings is 2. The van der Waals surface area contributed by atoms with Crippen molar-refractivity contribution < 1.29 is 9.84 Å². The number of hydrogen-bond acceptors (Lipinski definition) is 8. The molecule has 4 heterocycles. The van der Waals surface area contributed by atoms with Crippen LogP contribution in [-0.2, 0) is 13.5 Å². The second-order valence-corrected chi connectivity index (χ2v) is 9.90. The molecule has 1 atom stereocenters. The van der Waals surface area contributed by atoms with Gasteiger partial charge in [0.15, 0.2) is 0 Å². The number of aryl methyl sites for hydroxylation is 1. The molecule has 9 heteroatoms. The Kier molecular flexibility index (Phi) is 6.21. The summed E-state index contributed by atoms with van der Waals surface area (Å²) in [6, 6.07) is 13.9. The Morgan fingerprint density at radius 2 is 1.92 bits per heavy atom. The SMILES string of the molecule is COc1cc(-c2ccc(-c3ccc(C4CN(C(C)Cc5cnccn5)C4)nn3)c(O)c2)cc2cn(C)nc12. The Morgan fingerprint density at radius 3 is 2.63 bits per heavy atom. The van der Waals surface area contributed by atoms with Gasteiger partial charge in [-0.3, -0.25) is 19.5 Å². The van der Waals surface area contributed by atoms with Gasteiger partial charge in [0.25, 0.3) is 0 Å². The lowest BCUT2D eigenvalue weighted by molar-refractivity contribution is 0.0975. The smallest absolute Gasteiger partial charge is 0.147 e. The van der Waals surface area contributed by atoms with Gasteiger partial charge in [-0.05, 0) is 54.4 Å². The molecule has 6 rings (SSSR count). The van der Waals surface area contributed by atoms with E-state index in [4.69, 9.17) is 4.74 Å². The number of phenols is 1. The molecular weight excluding hydrogens is 478 g/mol. The molecule has 1 unspecified atom stereocenters. The number of fused-ring (bicyclic) bond motifs is 1. The maximum absolute atomic E-state index is 10.9. The first-order chi connectivity index (χ1) is 18.5. The van der Waals surface area contributed by atoms with Crippen LogP contribution in [0.15, 0.2) is 67.3 Å². The van der Waals surface area contributed by atoms with Crippen molar-refractivity contribution in [1.82, 2.24) is 34.8 Å². The number of methoxy groups -OCH3 is 1. The Bertz CT molecular complexity index is 1580. The fourth-order valence-corrected chi connectivity index (χ4v) is 5.10. The Balaban J connectivity index is 1.15. The van der Waals surface area contributed by atoms with Gasteiger partial charge in [0.05, 0.1) is 24.2 Å². The molecule has 9 nitrogen and oxygen atoms in total. The molecule has 192 valence electrons. The van der Waals surface area contributed by atoms with Crippen LogP contribution in [0.4, 0.5) is 0 Å². The van der Waals surface area contributed by atoms with Crippen molar-refractivity contribution in [3.05, 3.63) is 78.6 Å². The molecular formula is C29H29N7O2. The number of phenolic OH excluding ortho intramolecular Hbond substituents is 1. The summed E-state index contributed by atoms with van der Waals surface area (Å²) in [4.78, 5) is 11.0. The molecule has 1 saturated heterocycles. The number of hydrogen-bond donors (Lipinski definition) is 1. The zero-order chi connectivity index (χ0) is 26.2. The molecule has 0 aliphatic carbocycles. The number of ether oxygens (including phenoxy) is 1. The number of rotatable bonds is 7. The van der Waals surface area contributed by atoms with Crippen LogP contribution in [-0.4, -0.2) is 66.2 Å². The van der Waals surface area contributed by atoms with Crippen LogP contribution in [0, 0.1) is 0 Å². The summed E-state index contributed by atoms with van der Waals surface area (Å²) < 4.78 is 7.32. The van der Waals surface area contributed by atoms with Gasteiger partial charge in [-0.15, -0.1) is 0 Å². The summed E-state index contributed by atoms with van der Waals surface area (Å²) >= 11 is 0. The number of aromatic nitrogens is 6. The summed E-state index contributed by atoms with van der Waals surface area (Å²) in [5.41, 5.74) is 5.91. The van der Waals surface area contributed by atoms with E-state index in [0.717, 1.165) is 52.9 Å². The molecule has 0 spiro atoms. The molecule has 0 amide bonds. The standard InChI is InChI=1S/C29H29N7O2/c1-18(10-23-14-30-8-9-31-23)36-16-22(17-36)25-6-7-26(33-32-25)24-5-4-19(12-27(24)37)20-11-21-15-35(2)34-29(21)28(13-20)38-3/h4-9,11-15,18,22,37H,10,16-17H2,1-3H3. The van der Waals surface area contributed by atoms with Crippen LogP contribution < -0.4 is 4.74 Å². The summed E-state index contributed by atoms with van der Waals surface area (Å²) in [6.07, 6.45) is 8.10. The molecule has 0 saturated carbocycles. The van der Waals surface area contributed by atoms with Gasteiger partial charge in [0.2, 0.25) is 0 Å². The maximum atomic E-state index is 10.9. The highest BCUT2D eigenvalue weighted by Crippen LogP contribution is 2.36. The van der Waals surface area contributed by atoms with E-state index in [1.807, 2.05) is 55.8 Å². The van der Waals surface area contributed by atoms with Crippen molar-refractivity contribution in [1.29, 1.82) is 0 Å². The molecule has 1 N–H and O–H groups in total. The number of aromatic hydroxyl groups is 1. The van der Waals surface area contributed by atoms with Crippen LogP contribution >= 0.6 is 0 Å². The van der Waals surface area contributed by atoms with Gasteiger partial charge in [-0.2, -0.15) is 15.3 Å². The first kappa shape index (κ1) is 24.0. The first-order valence-electron chi connectivity index (χ1n) is 12.7. The van der Waals surface area contributed by atoms with Crippen LogP contribution in [0.1, 0.15) is 24.2 Å². The van der Waals surface area contributed by atoms with Crippen molar-refractivity contribution in [2.24, 2.45) is 7.05 Å². The lowest BCUT2D eigenvalue weighted by Crippen LogP contribution is -2.50. The molecule has 5 aromatic rings. The van der Waals surface area contributed by atoms with Crippen molar-refractivity contribution in [3.63, 3.8) is 0 Å². The van der Waals surface area contributed by atoms with Crippen LogP contribution in [0.2, 0.25) is 0 Å². The molecule has 3 aromatic heterocycles. The third-order valence-corrected chi connectivity index (χ3v) is 7.27. The summed E-state index contributed by atoms with van der Waals surface area (Å²) in [6.45, 7) is 4.11. The second-order valence-electron chi connectivity index (χ2n) is 9.90. The summed E-state index contributed by atoms with van der Waals surface area (Å²) in [5, 5.41) is 25.3. The quantitative estimate of drug-likeness (QED) is 0.349. The molecule has 0 radical (unpaired) electrons. The minimum absolute atomic E-state index is 0.155. The van der Waals surface area contributed by atoms with E-state index in [1.165, 1.54) is 0 Å². The Morgan fingerprint density at radius 1 is 1.05 bits per heavy atom. The summed E-state index contributed by atoms with van der Waals surface area (Å²) in [7, 11) is 3.52. The van der Waals surface area contributed by atoms with E-state index in [0.29, 0.717) is 29.0 Å². The number of likely N-dealkylation sites (tertiary alicyclic amines) is 1. The molecule has 1 aliphatic rings. The largest absolute Gasteiger partial charge is 0.507 e. The minimum atomic E-state index is 0.155. The van der Waals surface area contributed by atoms with Gasteiger partial charge in [-0.1, -0.05) is 6.07 Å². The molecule has 0 bridgehead atoms. The van der Waals surface area contributed by atoms with Gasteiger partial charge < -0.3 is 9.84 Å². The van der Waals surface area contributed by atoms with Crippen molar-refractivity contribution in [2.45, 2.75) is 25.3 Å². The topological polar surface area (TPSA) is 102 Å². The van der Waals surface area contributed by atoms with Gasteiger partial charge in [0, 0.05) is 74.3 Å². The third-order valence-electron chi connectivity index (χ3n) is 7.27. The number of nitrogens with zero attached hydrogens (tertiary/aromatic N) is 7. The minimum Gasteiger partial charge on any atom is -0.507 e. The highest BCUT2D eigenvalue weighted by Gasteiger charge is 2.32. The predicted octanol–water partition coefficient (Wildman–Crippen LogP) is 4.23. The average Bonchev–Trinajstić information content (AvgIpc) is 3.28. The molecule has 1 aliphatic heterocycles. The Hall–Kier alpha value is -4.37. The molecule has 2 aromatic carbocycles. The summed E-state index contributed by atoms with van der Waals surface area (Å²) in [5.74, 6) is 1.21. The third kappa shape index (κ3) is 4.56. The average molecular weight is 508 g/mol. The van der Waals surface area contributed by atoms with E-state index in [9.17, 15) is 5.11 Å². The fraction of sp³-hybridized carbons (Fsp3) is 0.276. The van der Waals surface area contributed by atoms with Gasteiger partial charge >= 0.3 is 0 Å². The van der Waals surface area contributed by atoms with E-state index in [2.05, 4.69) is 37.1 Å². The highest BCUT2D eigenvalue weighted by atomic mass is 16.5. The second kappa shape index (κ2) is 9.83. The van der Waals surface area contributed by atoms with E-state index in [1.54, 1.807) is 30.3 Å². The van der Waals surface area contributed by atoms with E-state index >= 15 is 0 Å². The monoisotopic (exact) mass is 507 g/mol. The Labute approximate surface area is 220 Å². The molecule has 38 heavy (non-hydrogen) atoms. The van der Waals surface area contributed by atoms with Crippen molar-refractivity contribution >= 4 is 10.9 Å². The maximum Gasteiger partial charge on any atom is 0.147 e. The van der Waals surface area contributed by atoms with Gasteiger partial charge in [-0.25, -0.2) is 0 Å². The zero-order valence-corrected chi connectivity index (χ0v) is 21.6. The zero-order valence-electron chi connectivity index (χ0n) is 21.6. The van der Waals surface area contributed by atoms with Crippen LogP contribution in [0.5, 0.6) is 11.5 Å². The fourth-order valence-electron chi connectivity index (χ4n) is 5.10. The normalized spacial score (nSPS) is 14.9. The predicted molar refractivity (Wildman–Crippen MR) is 145 cm³/mol.